The van der Waals surface area contributed by atoms with E-state index < -0.39 is 15.9 Å². The molecule has 160 valence electrons. The Bertz CT molecular complexity index is 1210. The van der Waals surface area contributed by atoms with Crippen LogP contribution in [0.1, 0.15) is 15.9 Å². The van der Waals surface area contributed by atoms with Crippen molar-refractivity contribution in [1.82, 2.24) is 10.3 Å². The summed E-state index contributed by atoms with van der Waals surface area (Å²) in [4.78, 5) is 16.5. The minimum atomic E-state index is -3.84. The molecule has 4 rings (SSSR count). The molecule has 0 saturated carbocycles. The molecule has 1 aliphatic heterocycles. The van der Waals surface area contributed by atoms with Gasteiger partial charge in [-0.15, -0.1) is 0 Å². The zero-order chi connectivity index (χ0) is 21.8. The van der Waals surface area contributed by atoms with Gasteiger partial charge in [0.05, 0.1) is 29.5 Å². The quantitative estimate of drug-likeness (QED) is 0.579. The van der Waals surface area contributed by atoms with Gasteiger partial charge in [0.1, 0.15) is 5.75 Å². The summed E-state index contributed by atoms with van der Waals surface area (Å²) in [5.41, 5.74) is 1.23. The van der Waals surface area contributed by atoms with Crippen LogP contribution in [0.3, 0.4) is 0 Å². The Morgan fingerprint density at radius 2 is 1.84 bits per heavy atom. The van der Waals surface area contributed by atoms with Gasteiger partial charge in [0.25, 0.3) is 15.9 Å². The van der Waals surface area contributed by atoms with Crippen molar-refractivity contribution in [3.05, 3.63) is 72.1 Å². The Kier molecular flexibility index (Phi) is 5.63. The summed E-state index contributed by atoms with van der Waals surface area (Å²) in [5.74, 6) is 1.44. The zero-order valence-electron chi connectivity index (χ0n) is 16.5. The predicted octanol–water partition coefficient (Wildman–Crippen LogP) is 2.55. The van der Waals surface area contributed by atoms with Gasteiger partial charge in [-0.1, -0.05) is 6.07 Å². The predicted molar refractivity (Wildman–Crippen MR) is 112 cm³/mol. The second-order valence-corrected chi connectivity index (χ2v) is 8.30. The number of hydrogen-bond donors (Lipinski definition) is 2. The molecule has 2 aromatic carbocycles. The minimum absolute atomic E-state index is 0.0611. The lowest BCUT2D eigenvalue weighted by Crippen LogP contribution is -2.23. The molecular weight excluding hydrogens is 422 g/mol. The van der Waals surface area contributed by atoms with Crippen LogP contribution in [0.25, 0.3) is 0 Å². The van der Waals surface area contributed by atoms with Crippen molar-refractivity contribution >= 4 is 21.6 Å². The van der Waals surface area contributed by atoms with Gasteiger partial charge in [-0.05, 0) is 48.0 Å². The van der Waals surface area contributed by atoms with Gasteiger partial charge >= 0.3 is 0 Å². The van der Waals surface area contributed by atoms with Crippen molar-refractivity contribution in [1.29, 1.82) is 0 Å². The van der Waals surface area contributed by atoms with Crippen molar-refractivity contribution in [3.8, 4) is 17.2 Å². The molecule has 10 heteroatoms. The number of fused-ring (bicyclic) bond motifs is 1. The van der Waals surface area contributed by atoms with Crippen molar-refractivity contribution in [3.63, 3.8) is 0 Å². The molecule has 0 fully saturated rings. The van der Waals surface area contributed by atoms with Crippen LogP contribution >= 0.6 is 0 Å². The van der Waals surface area contributed by atoms with Crippen LogP contribution in [-0.2, 0) is 16.6 Å². The van der Waals surface area contributed by atoms with E-state index in [9.17, 15) is 13.2 Å². The number of amides is 1. The molecule has 0 unspecified atom stereocenters. The largest absolute Gasteiger partial charge is 0.497 e. The molecule has 9 nitrogen and oxygen atoms in total. The molecule has 1 amide bonds. The first kappa shape index (κ1) is 20.5. The van der Waals surface area contributed by atoms with Crippen LogP contribution in [0.15, 0.2) is 65.8 Å². The first-order chi connectivity index (χ1) is 14.9. The van der Waals surface area contributed by atoms with E-state index >= 15 is 0 Å². The van der Waals surface area contributed by atoms with Gasteiger partial charge in [-0.25, -0.2) is 8.42 Å². The average molecular weight is 441 g/mol. The lowest BCUT2D eigenvalue weighted by Gasteiger charge is -2.10. The molecule has 1 aromatic heterocycles. The minimum Gasteiger partial charge on any atom is -0.497 e. The van der Waals surface area contributed by atoms with Crippen LogP contribution in [0.5, 0.6) is 17.2 Å². The number of rotatable bonds is 7. The number of carbonyl (C=O) groups excluding carboxylic acids is 1. The number of benzene rings is 2. The summed E-state index contributed by atoms with van der Waals surface area (Å²) in [6.45, 7) is 0.438. The Morgan fingerprint density at radius 1 is 1.06 bits per heavy atom. The van der Waals surface area contributed by atoms with Crippen LogP contribution in [0, 0.1) is 0 Å². The van der Waals surface area contributed by atoms with E-state index in [0.717, 1.165) is 5.56 Å². The van der Waals surface area contributed by atoms with Gasteiger partial charge in [0.15, 0.2) is 11.5 Å². The SMILES string of the molecule is COc1ccc(S(=O)(=O)Nc2cncc(C(=O)NCc3ccc4c(c3)OCO4)c2)cc1. The third-order valence-corrected chi connectivity index (χ3v) is 5.91. The molecule has 0 spiro atoms. The number of ether oxygens (including phenoxy) is 3. The van der Waals surface area contributed by atoms with Gasteiger partial charge in [0.2, 0.25) is 6.79 Å². The molecule has 31 heavy (non-hydrogen) atoms. The molecule has 0 aliphatic carbocycles. The van der Waals surface area contributed by atoms with E-state index in [2.05, 4.69) is 15.0 Å². The third-order valence-electron chi connectivity index (χ3n) is 4.51. The number of sulfonamides is 1. The summed E-state index contributed by atoms with van der Waals surface area (Å²) >= 11 is 0. The Morgan fingerprint density at radius 3 is 2.61 bits per heavy atom. The first-order valence-electron chi connectivity index (χ1n) is 9.23. The number of nitrogens with zero attached hydrogens (tertiary/aromatic N) is 1. The second-order valence-electron chi connectivity index (χ2n) is 6.61. The van der Waals surface area contributed by atoms with E-state index in [0.29, 0.717) is 17.2 Å². The number of hydrogen-bond acceptors (Lipinski definition) is 7. The van der Waals surface area contributed by atoms with E-state index in [-0.39, 0.29) is 29.5 Å². The Labute approximate surface area is 179 Å². The third kappa shape index (κ3) is 4.69. The molecular formula is C21H19N3O6S. The Hall–Kier alpha value is -3.79. The molecule has 0 bridgehead atoms. The standard InChI is InChI=1S/C21H19N3O6S/c1-28-17-3-5-18(6-4-17)31(26,27)24-16-9-15(11-22-12-16)21(25)23-10-14-2-7-19-20(8-14)30-13-29-19/h2-9,11-12,24H,10,13H2,1H3,(H,23,25). The van der Waals surface area contributed by atoms with Crippen LogP contribution < -0.4 is 24.2 Å². The highest BCUT2D eigenvalue weighted by Crippen LogP contribution is 2.32. The topological polar surface area (TPSA) is 116 Å². The van der Waals surface area contributed by atoms with Crippen molar-refractivity contribution in [2.24, 2.45) is 0 Å². The van der Waals surface area contributed by atoms with Crippen molar-refractivity contribution in [2.75, 3.05) is 18.6 Å². The highest BCUT2D eigenvalue weighted by molar-refractivity contribution is 7.92. The maximum atomic E-state index is 12.6. The number of methoxy groups -OCH3 is 1. The molecule has 0 radical (unpaired) electrons. The number of anilines is 1. The summed E-state index contributed by atoms with van der Waals surface area (Å²) < 4.78 is 43.2. The molecule has 0 atom stereocenters. The van der Waals surface area contributed by atoms with Gasteiger partial charge < -0.3 is 19.5 Å². The van der Waals surface area contributed by atoms with E-state index in [1.54, 1.807) is 24.3 Å². The van der Waals surface area contributed by atoms with Crippen molar-refractivity contribution < 1.29 is 27.4 Å². The molecule has 0 saturated heterocycles. The van der Waals surface area contributed by atoms with Gasteiger partial charge in [0, 0.05) is 12.7 Å². The highest BCUT2D eigenvalue weighted by Gasteiger charge is 2.17. The molecule has 2 N–H and O–H groups in total. The fourth-order valence-corrected chi connectivity index (χ4v) is 3.96. The monoisotopic (exact) mass is 441 g/mol. The molecule has 3 aromatic rings. The maximum Gasteiger partial charge on any atom is 0.261 e. The Balaban J connectivity index is 1.42. The lowest BCUT2D eigenvalue weighted by atomic mass is 10.2. The van der Waals surface area contributed by atoms with Crippen LogP contribution in [0.4, 0.5) is 5.69 Å². The highest BCUT2D eigenvalue weighted by atomic mass is 32.2. The number of aromatic nitrogens is 1. The maximum absolute atomic E-state index is 12.6. The molecule has 1 aliphatic rings. The summed E-state index contributed by atoms with van der Waals surface area (Å²) in [6, 6.07) is 12.8. The van der Waals surface area contributed by atoms with Crippen LogP contribution in [0.2, 0.25) is 0 Å². The normalized spacial score (nSPS) is 12.3. The van der Waals surface area contributed by atoms with Crippen molar-refractivity contribution in [2.45, 2.75) is 11.4 Å². The average Bonchev–Trinajstić information content (AvgIpc) is 3.25. The molecule has 2 heterocycles. The number of pyridine rings is 1. The first-order valence-corrected chi connectivity index (χ1v) is 10.7. The van der Waals surface area contributed by atoms with Gasteiger partial charge in [-0.3, -0.25) is 14.5 Å². The van der Waals surface area contributed by atoms with Crippen LogP contribution in [-0.4, -0.2) is 33.2 Å². The summed E-state index contributed by atoms with van der Waals surface area (Å²) in [6.07, 6.45) is 2.69. The zero-order valence-corrected chi connectivity index (χ0v) is 17.3. The number of carbonyl (C=O) groups is 1. The summed E-state index contributed by atoms with van der Waals surface area (Å²) in [7, 11) is -2.35. The smallest absolute Gasteiger partial charge is 0.261 e. The lowest BCUT2D eigenvalue weighted by molar-refractivity contribution is 0.0950. The fourth-order valence-electron chi connectivity index (χ4n) is 2.92. The van der Waals surface area contributed by atoms with E-state index in [1.165, 1.54) is 37.7 Å². The second kappa shape index (κ2) is 8.52. The number of nitrogens with one attached hydrogen (secondary N) is 2. The van der Waals surface area contributed by atoms with Gasteiger partial charge in [-0.2, -0.15) is 0 Å². The fraction of sp³-hybridized carbons (Fsp3) is 0.143. The van der Waals surface area contributed by atoms with E-state index in [1.807, 2.05) is 6.07 Å². The van der Waals surface area contributed by atoms with E-state index in [4.69, 9.17) is 14.2 Å². The summed E-state index contributed by atoms with van der Waals surface area (Å²) in [5, 5.41) is 2.77.